The lowest BCUT2D eigenvalue weighted by Gasteiger charge is -2.28. The summed E-state index contributed by atoms with van der Waals surface area (Å²) in [4.78, 5) is 16.1. The van der Waals surface area contributed by atoms with E-state index in [1.165, 1.54) is 0 Å². The molecule has 1 fully saturated rings. The highest BCUT2D eigenvalue weighted by Gasteiger charge is 2.13. The highest BCUT2D eigenvalue weighted by atomic mass is 32.2. The number of nitrogens with one attached hydrogen (secondary N) is 2. The Morgan fingerprint density at radius 2 is 2.29 bits per heavy atom. The maximum Gasteiger partial charge on any atom is 0.134 e. The number of rotatable bonds is 6. The number of anilines is 2. The lowest BCUT2D eigenvalue weighted by Crippen LogP contribution is -2.44. The molecule has 1 aliphatic heterocycles. The van der Waals surface area contributed by atoms with Crippen molar-refractivity contribution in [2.45, 2.75) is 13.8 Å². The summed E-state index contributed by atoms with van der Waals surface area (Å²) in [6, 6.07) is 2.02. The number of piperazine rings is 1. The normalized spacial score (nSPS) is 15.9. The number of allylic oxidation sites excluding steroid dienone is 1. The third-order valence-electron chi connectivity index (χ3n) is 3.09. The van der Waals surface area contributed by atoms with E-state index in [1.807, 2.05) is 19.9 Å². The minimum absolute atomic E-state index is 0.745. The summed E-state index contributed by atoms with van der Waals surface area (Å²) < 4.78 is 0. The summed E-state index contributed by atoms with van der Waals surface area (Å²) >= 11 is 1.68. The first kappa shape index (κ1) is 15.8. The van der Waals surface area contributed by atoms with Crippen molar-refractivity contribution in [2.75, 3.05) is 42.3 Å². The van der Waals surface area contributed by atoms with Gasteiger partial charge in [0.05, 0.1) is 5.88 Å². The second-order valence-electron chi connectivity index (χ2n) is 4.78. The van der Waals surface area contributed by atoms with Crippen molar-refractivity contribution < 1.29 is 0 Å². The van der Waals surface area contributed by atoms with E-state index >= 15 is 0 Å². The van der Waals surface area contributed by atoms with Gasteiger partial charge in [-0.1, -0.05) is 0 Å². The van der Waals surface area contributed by atoms with E-state index < -0.39 is 0 Å². The number of hydrogen-bond acceptors (Lipinski definition) is 7. The Morgan fingerprint density at radius 3 is 3.00 bits per heavy atom. The van der Waals surface area contributed by atoms with E-state index in [9.17, 15) is 0 Å². The van der Waals surface area contributed by atoms with Gasteiger partial charge in [-0.05, 0) is 20.6 Å². The predicted octanol–water partition coefficient (Wildman–Crippen LogP) is 1.86. The Morgan fingerprint density at radius 1 is 1.52 bits per heavy atom. The second kappa shape index (κ2) is 7.99. The highest BCUT2D eigenvalue weighted by molar-refractivity contribution is 8.03. The fourth-order valence-electron chi connectivity index (χ4n) is 2.09. The van der Waals surface area contributed by atoms with Crippen LogP contribution in [0, 0.1) is 6.92 Å². The molecule has 0 spiro atoms. The first-order chi connectivity index (χ1) is 10.2. The molecule has 0 aromatic carbocycles. The Bertz CT molecular complexity index is 510. The zero-order valence-electron chi connectivity index (χ0n) is 12.6. The van der Waals surface area contributed by atoms with Crippen molar-refractivity contribution >= 4 is 30.1 Å². The minimum Gasteiger partial charge on any atom is -0.361 e. The van der Waals surface area contributed by atoms with Gasteiger partial charge in [-0.2, -0.15) is 0 Å². The molecule has 2 rings (SSSR count). The Balaban J connectivity index is 1.98. The number of aliphatic imine (C=N–C) groups is 1. The van der Waals surface area contributed by atoms with Gasteiger partial charge in [-0.25, -0.2) is 9.97 Å². The molecule has 0 amide bonds. The first-order valence-electron chi connectivity index (χ1n) is 6.99. The predicted molar refractivity (Wildman–Crippen MR) is 91.2 cm³/mol. The fourth-order valence-corrected chi connectivity index (χ4v) is 2.68. The Kier molecular flexibility index (Phi) is 6.01. The summed E-state index contributed by atoms with van der Waals surface area (Å²) in [6.45, 7) is 11.4. The molecule has 0 aliphatic carbocycles. The minimum atomic E-state index is 0.745. The monoisotopic (exact) mass is 306 g/mol. The third-order valence-corrected chi connectivity index (χ3v) is 3.94. The number of aromatic nitrogens is 2. The van der Waals surface area contributed by atoms with Gasteiger partial charge < -0.3 is 15.5 Å². The summed E-state index contributed by atoms with van der Waals surface area (Å²) in [5, 5.41) is 6.67. The third kappa shape index (κ3) is 5.02. The van der Waals surface area contributed by atoms with Crippen LogP contribution in [-0.4, -0.2) is 48.7 Å². The highest BCUT2D eigenvalue weighted by Crippen LogP contribution is 2.19. The van der Waals surface area contributed by atoms with Crippen molar-refractivity contribution in [1.82, 2.24) is 15.3 Å². The maximum atomic E-state index is 4.54. The standard InChI is InChI=1S/C14H22N6S/c1-11(9-15-3)21-10-17-13-8-14(19-12(2)18-13)20-6-4-16-5-7-20/h8-9,16H,3-7,10H2,1-2H3,(H,17,18,19)/b11-9-. The zero-order chi connectivity index (χ0) is 15.1. The molecule has 0 bridgehead atoms. The van der Waals surface area contributed by atoms with Crippen LogP contribution in [0.4, 0.5) is 11.6 Å². The SMILES string of the molecule is C=N/C=C(/C)SCNc1cc(N2CCNCC2)nc(C)n1. The van der Waals surface area contributed by atoms with E-state index in [2.05, 4.69) is 37.2 Å². The van der Waals surface area contributed by atoms with Crippen molar-refractivity contribution in [3.8, 4) is 0 Å². The molecule has 6 nitrogen and oxygen atoms in total. The molecule has 114 valence electrons. The first-order valence-corrected chi connectivity index (χ1v) is 7.98. The van der Waals surface area contributed by atoms with Crippen LogP contribution < -0.4 is 15.5 Å². The van der Waals surface area contributed by atoms with Crippen molar-refractivity contribution in [3.05, 3.63) is 23.0 Å². The van der Waals surface area contributed by atoms with E-state index in [1.54, 1.807) is 18.0 Å². The van der Waals surface area contributed by atoms with Crippen LogP contribution >= 0.6 is 11.8 Å². The topological polar surface area (TPSA) is 65.4 Å². The average molecular weight is 306 g/mol. The van der Waals surface area contributed by atoms with Crippen LogP contribution in [0.2, 0.25) is 0 Å². The second-order valence-corrected chi connectivity index (χ2v) is 6.00. The number of nitrogens with zero attached hydrogens (tertiary/aromatic N) is 4. The van der Waals surface area contributed by atoms with E-state index in [-0.39, 0.29) is 0 Å². The number of hydrogen-bond donors (Lipinski definition) is 2. The molecular weight excluding hydrogens is 284 g/mol. The van der Waals surface area contributed by atoms with Crippen LogP contribution in [0.15, 0.2) is 22.2 Å². The van der Waals surface area contributed by atoms with Gasteiger partial charge in [0.25, 0.3) is 0 Å². The van der Waals surface area contributed by atoms with Gasteiger partial charge in [-0.15, -0.1) is 11.8 Å². The van der Waals surface area contributed by atoms with Gasteiger partial charge in [0.15, 0.2) is 0 Å². The van der Waals surface area contributed by atoms with Crippen molar-refractivity contribution in [3.63, 3.8) is 0 Å². The van der Waals surface area contributed by atoms with Crippen molar-refractivity contribution in [2.24, 2.45) is 4.99 Å². The Hall–Kier alpha value is -1.60. The molecule has 1 aromatic rings. The molecule has 1 aliphatic rings. The molecule has 0 saturated carbocycles. The number of aryl methyl sites for hydroxylation is 1. The van der Waals surface area contributed by atoms with Gasteiger partial charge in [-0.3, -0.25) is 4.99 Å². The summed E-state index contributed by atoms with van der Waals surface area (Å²) in [7, 11) is 0. The van der Waals surface area contributed by atoms with Crippen molar-refractivity contribution in [1.29, 1.82) is 0 Å². The van der Waals surface area contributed by atoms with Crippen LogP contribution in [0.3, 0.4) is 0 Å². The van der Waals surface area contributed by atoms with Gasteiger partial charge in [0.2, 0.25) is 0 Å². The summed E-state index contributed by atoms with van der Waals surface area (Å²) in [5.74, 6) is 3.40. The van der Waals surface area contributed by atoms with E-state index in [4.69, 9.17) is 0 Å². The smallest absolute Gasteiger partial charge is 0.134 e. The van der Waals surface area contributed by atoms with Crippen LogP contribution in [0.1, 0.15) is 12.7 Å². The van der Waals surface area contributed by atoms with Gasteiger partial charge in [0.1, 0.15) is 17.5 Å². The largest absolute Gasteiger partial charge is 0.361 e. The molecule has 1 saturated heterocycles. The molecule has 21 heavy (non-hydrogen) atoms. The molecule has 0 unspecified atom stereocenters. The van der Waals surface area contributed by atoms with Gasteiger partial charge in [0, 0.05) is 43.4 Å². The molecule has 7 heteroatoms. The van der Waals surface area contributed by atoms with Crippen LogP contribution in [-0.2, 0) is 0 Å². The van der Waals surface area contributed by atoms with E-state index in [0.717, 1.165) is 54.4 Å². The molecule has 0 atom stereocenters. The maximum absolute atomic E-state index is 4.54. The van der Waals surface area contributed by atoms with E-state index in [0.29, 0.717) is 0 Å². The molecule has 2 N–H and O–H groups in total. The van der Waals surface area contributed by atoms with Crippen LogP contribution in [0.5, 0.6) is 0 Å². The molecule has 0 radical (unpaired) electrons. The quantitative estimate of drug-likeness (QED) is 0.618. The van der Waals surface area contributed by atoms with Gasteiger partial charge >= 0.3 is 0 Å². The lowest BCUT2D eigenvalue weighted by atomic mass is 10.3. The fraction of sp³-hybridized carbons (Fsp3) is 0.500. The van der Waals surface area contributed by atoms with Crippen LogP contribution in [0.25, 0.3) is 0 Å². The molecule has 2 heterocycles. The summed E-state index contributed by atoms with van der Waals surface area (Å²) in [6.07, 6.45) is 1.75. The lowest BCUT2D eigenvalue weighted by molar-refractivity contribution is 0.584. The zero-order valence-corrected chi connectivity index (χ0v) is 13.4. The average Bonchev–Trinajstić information content (AvgIpc) is 2.48. The molecule has 1 aromatic heterocycles. The number of thioether (sulfide) groups is 1. The Labute approximate surface area is 130 Å². The summed E-state index contributed by atoms with van der Waals surface area (Å²) in [5.41, 5.74) is 0. The molecular formula is C14H22N6S.